The second kappa shape index (κ2) is 7.13. The van der Waals surface area contributed by atoms with E-state index in [4.69, 9.17) is 4.74 Å². The Bertz CT molecular complexity index is 253. The van der Waals surface area contributed by atoms with Gasteiger partial charge in [-0.15, -0.1) is 0 Å². The first kappa shape index (κ1) is 13.9. The van der Waals surface area contributed by atoms with Gasteiger partial charge in [-0.1, -0.05) is 13.3 Å². The summed E-state index contributed by atoms with van der Waals surface area (Å²) in [5.74, 6) is -0.000998. The highest BCUT2D eigenvalue weighted by atomic mass is 16.5. The Balaban J connectivity index is 1.69. The van der Waals surface area contributed by atoms with E-state index in [0.717, 1.165) is 25.3 Å². The van der Waals surface area contributed by atoms with E-state index in [1.807, 2.05) is 6.92 Å². The number of likely N-dealkylation sites (tertiary alicyclic amines) is 1. The van der Waals surface area contributed by atoms with Crippen LogP contribution in [-0.4, -0.2) is 36.1 Å². The number of hydrogen-bond acceptors (Lipinski definition) is 3. The lowest BCUT2D eigenvalue weighted by atomic mass is 9.90. The van der Waals surface area contributed by atoms with Gasteiger partial charge in [0.15, 0.2) is 0 Å². The number of carbonyl (C=O) groups excluding carboxylic acids is 1. The van der Waals surface area contributed by atoms with Crippen LogP contribution < -0.4 is 0 Å². The molecular weight excluding hydrogens is 226 g/mol. The zero-order valence-electron chi connectivity index (χ0n) is 11.7. The van der Waals surface area contributed by atoms with Gasteiger partial charge in [-0.2, -0.15) is 0 Å². The zero-order valence-corrected chi connectivity index (χ0v) is 11.7. The number of nitrogens with zero attached hydrogens (tertiary/aromatic N) is 1. The molecule has 1 heterocycles. The molecule has 2 fully saturated rings. The number of piperidine rings is 1. The van der Waals surface area contributed by atoms with Crippen LogP contribution in [0.25, 0.3) is 0 Å². The van der Waals surface area contributed by atoms with Gasteiger partial charge >= 0.3 is 5.97 Å². The van der Waals surface area contributed by atoms with E-state index >= 15 is 0 Å². The maximum Gasteiger partial charge on any atom is 0.306 e. The number of carbonyl (C=O) groups is 1. The fourth-order valence-corrected chi connectivity index (χ4v) is 3.26. The normalized spacial score (nSPS) is 30.1. The highest BCUT2D eigenvalue weighted by Crippen LogP contribution is 2.27. The van der Waals surface area contributed by atoms with Crippen molar-refractivity contribution < 1.29 is 9.53 Å². The summed E-state index contributed by atoms with van der Waals surface area (Å²) in [6.45, 7) is 4.59. The predicted molar refractivity (Wildman–Crippen MR) is 72.5 cm³/mol. The molecule has 3 heteroatoms. The largest absolute Gasteiger partial charge is 0.462 e. The summed E-state index contributed by atoms with van der Waals surface area (Å²) in [4.78, 5) is 14.1. The van der Waals surface area contributed by atoms with Crippen LogP contribution in [0.3, 0.4) is 0 Å². The number of hydrogen-bond donors (Lipinski definition) is 0. The van der Waals surface area contributed by atoms with Crippen LogP contribution in [0.1, 0.15) is 64.7 Å². The van der Waals surface area contributed by atoms with Crippen molar-refractivity contribution in [2.45, 2.75) is 76.9 Å². The molecular formula is C15H27NO2. The molecule has 0 aromatic heterocycles. The maximum atomic E-state index is 11.5. The summed E-state index contributed by atoms with van der Waals surface area (Å²) in [6, 6.07) is 0.756. The van der Waals surface area contributed by atoms with Crippen molar-refractivity contribution in [3.63, 3.8) is 0 Å². The molecule has 0 atom stereocenters. The molecule has 0 amide bonds. The van der Waals surface area contributed by atoms with Crippen molar-refractivity contribution in [1.29, 1.82) is 0 Å². The highest BCUT2D eigenvalue weighted by molar-refractivity contribution is 5.69. The summed E-state index contributed by atoms with van der Waals surface area (Å²) in [6.07, 6.45) is 10.4. The standard InChI is InChI=1S/C15H27NO2/c1-2-6-15(17)18-14-9-7-13(8-10-14)16-11-4-3-5-12-16/h13-14H,2-12H2,1H3. The third-order valence-electron chi connectivity index (χ3n) is 4.30. The second-order valence-electron chi connectivity index (χ2n) is 5.77. The van der Waals surface area contributed by atoms with E-state index in [1.54, 1.807) is 0 Å². The van der Waals surface area contributed by atoms with Gasteiger partial charge in [0.2, 0.25) is 0 Å². The van der Waals surface area contributed by atoms with Gasteiger partial charge in [-0.3, -0.25) is 4.79 Å². The SMILES string of the molecule is CCCC(=O)OC1CCC(N2CCCCC2)CC1. The van der Waals surface area contributed by atoms with Crippen LogP contribution in [-0.2, 0) is 9.53 Å². The van der Waals surface area contributed by atoms with Crippen LogP contribution in [0, 0.1) is 0 Å². The first-order valence-corrected chi connectivity index (χ1v) is 7.73. The van der Waals surface area contributed by atoms with E-state index in [1.165, 1.54) is 45.2 Å². The summed E-state index contributed by atoms with van der Waals surface area (Å²) >= 11 is 0. The lowest BCUT2D eigenvalue weighted by Crippen LogP contribution is -2.42. The van der Waals surface area contributed by atoms with Gasteiger partial charge in [0.25, 0.3) is 0 Å². The van der Waals surface area contributed by atoms with Crippen LogP contribution in [0.2, 0.25) is 0 Å². The quantitative estimate of drug-likeness (QED) is 0.721. The zero-order chi connectivity index (χ0) is 12.8. The van der Waals surface area contributed by atoms with E-state index < -0.39 is 0 Å². The molecule has 1 saturated carbocycles. The molecule has 2 rings (SSSR count). The third kappa shape index (κ3) is 3.98. The Morgan fingerprint density at radius 1 is 1.11 bits per heavy atom. The van der Waals surface area contributed by atoms with Gasteiger partial charge in [0.1, 0.15) is 6.10 Å². The van der Waals surface area contributed by atoms with Crippen LogP contribution >= 0.6 is 0 Å². The molecule has 3 nitrogen and oxygen atoms in total. The Hall–Kier alpha value is -0.570. The van der Waals surface area contributed by atoms with Crippen LogP contribution in [0.15, 0.2) is 0 Å². The van der Waals surface area contributed by atoms with Gasteiger partial charge in [-0.25, -0.2) is 0 Å². The van der Waals surface area contributed by atoms with Gasteiger partial charge in [0, 0.05) is 12.5 Å². The third-order valence-corrected chi connectivity index (χ3v) is 4.30. The monoisotopic (exact) mass is 253 g/mol. The maximum absolute atomic E-state index is 11.5. The molecule has 18 heavy (non-hydrogen) atoms. The first-order valence-electron chi connectivity index (χ1n) is 7.73. The minimum Gasteiger partial charge on any atom is -0.462 e. The summed E-state index contributed by atoms with van der Waals surface area (Å²) in [7, 11) is 0. The molecule has 0 bridgehead atoms. The van der Waals surface area contributed by atoms with E-state index in [-0.39, 0.29) is 12.1 Å². The van der Waals surface area contributed by atoms with Gasteiger partial charge in [-0.05, 0) is 58.0 Å². The molecule has 0 N–H and O–H groups in total. The van der Waals surface area contributed by atoms with E-state index in [0.29, 0.717) is 6.42 Å². The van der Waals surface area contributed by atoms with Crippen molar-refractivity contribution in [2.75, 3.05) is 13.1 Å². The smallest absolute Gasteiger partial charge is 0.306 e. The Labute approximate surface area is 111 Å². The predicted octanol–water partition coefficient (Wildman–Crippen LogP) is 3.13. The van der Waals surface area contributed by atoms with Gasteiger partial charge < -0.3 is 9.64 Å². The first-order chi connectivity index (χ1) is 8.79. The van der Waals surface area contributed by atoms with Crippen molar-refractivity contribution in [3.05, 3.63) is 0 Å². The molecule has 0 aromatic rings. The lowest BCUT2D eigenvalue weighted by molar-refractivity contribution is -0.151. The highest BCUT2D eigenvalue weighted by Gasteiger charge is 2.28. The van der Waals surface area contributed by atoms with Crippen molar-refractivity contribution in [1.82, 2.24) is 4.90 Å². The fourth-order valence-electron chi connectivity index (χ4n) is 3.26. The average molecular weight is 253 g/mol. The summed E-state index contributed by atoms with van der Waals surface area (Å²) in [5.41, 5.74) is 0. The van der Waals surface area contributed by atoms with Crippen molar-refractivity contribution >= 4 is 5.97 Å². The molecule has 1 saturated heterocycles. The topological polar surface area (TPSA) is 29.5 Å². The summed E-state index contributed by atoms with van der Waals surface area (Å²) < 4.78 is 5.51. The molecule has 104 valence electrons. The van der Waals surface area contributed by atoms with E-state index in [9.17, 15) is 4.79 Å². The number of esters is 1. The number of ether oxygens (including phenoxy) is 1. The Morgan fingerprint density at radius 3 is 2.39 bits per heavy atom. The Kier molecular flexibility index (Phi) is 5.48. The lowest BCUT2D eigenvalue weighted by Gasteiger charge is -2.38. The average Bonchev–Trinajstić information content (AvgIpc) is 2.41. The van der Waals surface area contributed by atoms with Crippen LogP contribution in [0.4, 0.5) is 0 Å². The minimum atomic E-state index is -0.000998. The van der Waals surface area contributed by atoms with Crippen molar-refractivity contribution in [2.24, 2.45) is 0 Å². The van der Waals surface area contributed by atoms with Crippen LogP contribution in [0.5, 0.6) is 0 Å². The molecule has 0 radical (unpaired) electrons. The van der Waals surface area contributed by atoms with E-state index in [2.05, 4.69) is 4.90 Å². The number of rotatable bonds is 4. The second-order valence-corrected chi connectivity index (χ2v) is 5.77. The van der Waals surface area contributed by atoms with Gasteiger partial charge in [0.05, 0.1) is 0 Å². The molecule has 0 unspecified atom stereocenters. The molecule has 2 aliphatic rings. The summed E-state index contributed by atoms with van der Waals surface area (Å²) in [5, 5.41) is 0. The fraction of sp³-hybridized carbons (Fsp3) is 0.933. The minimum absolute atomic E-state index is 0.000998. The molecule has 1 aliphatic heterocycles. The van der Waals surface area contributed by atoms with Crippen molar-refractivity contribution in [3.8, 4) is 0 Å². The molecule has 0 aromatic carbocycles. The Morgan fingerprint density at radius 2 is 1.78 bits per heavy atom. The molecule has 1 aliphatic carbocycles. The molecule has 0 spiro atoms.